The molecule has 28 heavy (non-hydrogen) atoms. The molecule has 1 atom stereocenters. The van der Waals surface area contributed by atoms with Gasteiger partial charge in [-0.2, -0.15) is 0 Å². The van der Waals surface area contributed by atoms with E-state index in [1.807, 2.05) is 17.0 Å². The topological polar surface area (TPSA) is 69.9 Å². The quantitative estimate of drug-likeness (QED) is 0.499. The predicted molar refractivity (Wildman–Crippen MR) is 114 cm³/mol. The zero-order valence-electron chi connectivity index (χ0n) is 18.0. The van der Waals surface area contributed by atoms with E-state index in [1.54, 1.807) is 6.26 Å². The summed E-state index contributed by atoms with van der Waals surface area (Å²) in [5, 5.41) is 7.08. The van der Waals surface area contributed by atoms with Crippen molar-refractivity contribution in [2.24, 2.45) is 10.9 Å². The molecule has 0 spiro atoms. The van der Waals surface area contributed by atoms with Gasteiger partial charge >= 0.3 is 0 Å². The highest BCUT2D eigenvalue weighted by Gasteiger charge is 2.27. The number of aliphatic imine (C=N–C) groups is 1. The van der Waals surface area contributed by atoms with Gasteiger partial charge < -0.3 is 20.0 Å². The van der Waals surface area contributed by atoms with Crippen molar-refractivity contribution in [3.63, 3.8) is 0 Å². The molecule has 0 aromatic carbocycles. The molecule has 1 aromatic heterocycles. The van der Waals surface area contributed by atoms with Crippen molar-refractivity contribution in [1.82, 2.24) is 15.5 Å². The number of carbonyl (C=O) groups is 1. The summed E-state index contributed by atoms with van der Waals surface area (Å²) in [6.45, 7) is 10.9. The van der Waals surface area contributed by atoms with Gasteiger partial charge in [0.1, 0.15) is 5.76 Å². The van der Waals surface area contributed by atoms with Gasteiger partial charge in [-0.3, -0.25) is 9.79 Å². The van der Waals surface area contributed by atoms with Gasteiger partial charge in [0, 0.05) is 44.1 Å². The maximum Gasteiger partial charge on any atom is 0.225 e. The Labute approximate surface area is 170 Å². The molecule has 1 aliphatic heterocycles. The number of nitrogens with zero attached hydrogens (tertiary/aromatic N) is 2. The number of hydrogen-bond acceptors (Lipinski definition) is 3. The van der Waals surface area contributed by atoms with E-state index in [9.17, 15) is 4.79 Å². The van der Waals surface area contributed by atoms with E-state index in [-0.39, 0.29) is 5.92 Å². The lowest BCUT2D eigenvalue weighted by molar-refractivity contribution is -0.136. The Balaban J connectivity index is 1.86. The summed E-state index contributed by atoms with van der Waals surface area (Å²) in [4.78, 5) is 19.4. The standard InChI is InChI=1S/C22H38N4O2/c1-5-17(4)24-22(23-13-10-20-9-8-16-28-20)25-19-11-14-26(15-12-19)21(27)18(6-2)7-3/h8-9,16-19H,5-7,10-15H2,1-4H3,(H2,23,24,25). The number of piperidine rings is 1. The number of furan rings is 1. The van der Waals surface area contributed by atoms with E-state index in [0.717, 1.165) is 63.3 Å². The Bertz CT molecular complexity index is 588. The Kier molecular flexibility index (Phi) is 9.38. The first-order valence-electron chi connectivity index (χ1n) is 11.0. The smallest absolute Gasteiger partial charge is 0.225 e. The molecule has 2 N–H and O–H groups in total. The van der Waals surface area contributed by atoms with Crippen molar-refractivity contribution < 1.29 is 9.21 Å². The van der Waals surface area contributed by atoms with E-state index < -0.39 is 0 Å². The third-order valence-electron chi connectivity index (χ3n) is 5.69. The maximum atomic E-state index is 12.6. The summed E-state index contributed by atoms with van der Waals surface area (Å²) in [5.74, 6) is 2.33. The van der Waals surface area contributed by atoms with Gasteiger partial charge in [-0.15, -0.1) is 0 Å². The Morgan fingerprint density at radius 2 is 1.96 bits per heavy atom. The molecule has 6 nitrogen and oxygen atoms in total. The molecule has 1 amide bonds. The Morgan fingerprint density at radius 3 is 2.54 bits per heavy atom. The summed E-state index contributed by atoms with van der Waals surface area (Å²) in [6, 6.07) is 4.61. The number of likely N-dealkylation sites (tertiary alicyclic amines) is 1. The Morgan fingerprint density at radius 1 is 1.25 bits per heavy atom. The van der Waals surface area contributed by atoms with Crippen LogP contribution >= 0.6 is 0 Å². The number of nitrogens with one attached hydrogen (secondary N) is 2. The largest absolute Gasteiger partial charge is 0.469 e. The lowest BCUT2D eigenvalue weighted by Gasteiger charge is -2.35. The molecule has 1 saturated heterocycles. The minimum Gasteiger partial charge on any atom is -0.469 e. The average Bonchev–Trinajstić information content (AvgIpc) is 3.22. The van der Waals surface area contributed by atoms with Gasteiger partial charge in [-0.1, -0.05) is 20.8 Å². The number of rotatable bonds is 9. The molecular formula is C22H38N4O2. The monoisotopic (exact) mass is 390 g/mol. The first-order chi connectivity index (χ1) is 13.6. The SMILES string of the molecule is CCC(C)NC(=NCCc1ccco1)NC1CCN(C(=O)C(CC)CC)CC1. The third-order valence-corrected chi connectivity index (χ3v) is 5.69. The first-order valence-corrected chi connectivity index (χ1v) is 11.0. The number of amides is 1. The molecule has 1 aromatic rings. The number of guanidine groups is 1. The summed E-state index contributed by atoms with van der Waals surface area (Å²) < 4.78 is 5.39. The van der Waals surface area contributed by atoms with E-state index in [0.29, 0.717) is 24.5 Å². The van der Waals surface area contributed by atoms with E-state index >= 15 is 0 Å². The molecule has 0 bridgehead atoms. The van der Waals surface area contributed by atoms with Crippen molar-refractivity contribution in [2.45, 2.75) is 78.3 Å². The van der Waals surface area contributed by atoms with Crippen LogP contribution in [0.1, 0.15) is 65.6 Å². The van der Waals surface area contributed by atoms with Crippen molar-refractivity contribution in [3.05, 3.63) is 24.2 Å². The summed E-state index contributed by atoms with van der Waals surface area (Å²) in [5.41, 5.74) is 0. The first kappa shape index (κ1) is 22.3. The maximum absolute atomic E-state index is 12.6. The van der Waals surface area contributed by atoms with Crippen LogP contribution in [0.25, 0.3) is 0 Å². The highest BCUT2D eigenvalue weighted by Crippen LogP contribution is 2.17. The van der Waals surface area contributed by atoms with Crippen LogP contribution in [0, 0.1) is 5.92 Å². The molecule has 2 rings (SSSR count). The fourth-order valence-corrected chi connectivity index (χ4v) is 3.53. The van der Waals surface area contributed by atoms with Gasteiger partial charge in [-0.05, 0) is 51.2 Å². The van der Waals surface area contributed by atoms with Crippen LogP contribution in [-0.2, 0) is 11.2 Å². The number of hydrogen-bond donors (Lipinski definition) is 2. The highest BCUT2D eigenvalue weighted by molar-refractivity contribution is 5.81. The lowest BCUT2D eigenvalue weighted by Crippen LogP contribution is -2.52. The average molecular weight is 391 g/mol. The van der Waals surface area contributed by atoms with Crippen LogP contribution in [-0.4, -0.2) is 48.5 Å². The van der Waals surface area contributed by atoms with Gasteiger partial charge in [0.25, 0.3) is 0 Å². The second-order valence-corrected chi connectivity index (χ2v) is 7.77. The van der Waals surface area contributed by atoms with Crippen LogP contribution in [0.5, 0.6) is 0 Å². The molecule has 6 heteroatoms. The summed E-state index contributed by atoms with van der Waals surface area (Å²) in [6.07, 6.45) is 7.32. The molecule has 2 heterocycles. The van der Waals surface area contributed by atoms with Crippen LogP contribution in [0.2, 0.25) is 0 Å². The highest BCUT2D eigenvalue weighted by atomic mass is 16.3. The molecule has 158 valence electrons. The van der Waals surface area contributed by atoms with Crippen molar-refractivity contribution >= 4 is 11.9 Å². The van der Waals surface area contributed by atoms with Gasteiger partial charge in [0.2, 0.25) is 5.91 Å². The second kappa shape index (κ2) is 11.8. The van der Waals surface area contributed by atoms with Crippen molar-refractivity contribution in [2.75, 3.05) is 19.6 Å². The van der Waals surface area contributed by atoms with Crippen LogP contribution in [0.4, 0.5) is 0 Å². The number of carbonyl (C=O) groups excluding carboxylic acids is 1. The van der Waals surface area contributed by atoms with E-state index in [1.165, 1.54) is 0 Å². The molecule has 0 aliphatic carbocycles. The minimum atomic E-state index is 0.176. The normalized spacial score (nSPS) is 17.0. The van der Waals surface area contributed by atoms with Gasteiger partial charge in [0.05, 0.1) is 6.26 Å². The molecule has 0 saturated carbocycles. The van der Waals surface area contributed by atoms with Gasteiger partial charge in [0.15, 0.2) is 5.96 Å². The fraction of sp³-hybridized carbons (Fsp3) is 0.727. The zero-order chi connectivity index (χ0) is 20.4. The van der Waals surface area contributed by atoms with E-state index in [4.69, 9.17) is 9.41 Å². The third kappa shape index (κ3) is 6.88. The van der Waals surface area contributed by atoms with Crippen LogP contribution in [0.15, 0.2) is 27.8 Å². The Hall–Kier alpha value is -1.98. The molecule has 1 unspecified atom stereocenters. The predicted octanol–water partition coefficient (Wildman–Crippen LogP) is 3.58. The second-order valence-electron chi connectivity index (χ2n) is 7.77. The van der Waals surface area contributed by atoms with Crippen molar-refractivity contribution in [3.8, 4) is 0 Å². The van der Waals surface area contributed by atoms with Crippen molar-refractivity contribution in [1.29, 1.82) is 0 Å². The molecular weight excluding hydrogens is 352 g/mol. The van der Waals surface area contributed by atoms with E-state index in [2.05, 4.69) is 38.3 Å². The summed E-state index contributed by atoms with van der Waals surface area (Å²) in [7, 11) is 0. The van der Waals surface area contributed by atoms with Crippen LogP contribution < -0.4 is 10.6 Å². The molecule has 0 radical (unpaired) electrons. The zero-order valence-corrected chi connectivity index (χ0v) is 18.0. The van der Waals surface area contributed by atoms with Crippen LogP contribution in [0.3, 0.4) is 0 Å². The summed E-state index contributed by atoms with van der Waals surface area (Å²) >= 11 is 0. The minimum absolute atomic E-state index is 0.176. The lowest BCUT2D eigenvalue weighted by atomic mass is 9.98. The molecule has 1 aliphatic rings. The fourth-order valence-electron chi connectivity index (χ4n) is 3.53. The molecule has 1 fully saturated rings. The van der Waals surface area contributed by atoms with Gasteiger partial charge in [-0.25, -0.2) is 0 Å².